The van der Waals surface area contributed by atoms with E-state index in [2.05, 4.69) is 4.98 Å². The Balaban J connectivity index is 2.76. The summed E-state index contributed by atoms with van der Waals surface area (Å²) >= 11 is 0. The molecule has 0 aliphatic carbocycles. The summed E-state index contributed by atoms with van der Waals surface area (Å²) < 4.78 is 1.99. The van der Waals surface area contributed by atoms with Gasteiger partial charge in [0.2, 0.25) is 0 Å². The molecule has 2 aromatic heterocycles. The van der Waals surface area contributed by atoms with Gasteiger partial charge in [-0.15, -0.1) is 0 Å². The summed E-state index contributed by atoms with van der Waals surface area (Å²) in [7, 11) is 0. The summed E-state index contributed by atoms with van der Waals surface area (Å²) in [5.74, 6) is 0. The van der Waals surface area contributed by atoms with Gasteiger partial charge in [0.05, 0.1) is 11.9 Å². The number of hydrogen-bond donors (Lipinski definition) is 1. The first kappa shape index (κ1) is 6.37. The van der Waals surface area contributed by atoms with Crippen molar-refractivity contribution >= 4 is 5.65 Å². The molecule has 2 heterocycles. The number of pyridine rings is 1. The second kappa shape index (κ2) is 2.36. The molecule has 3 nitrogen and oxygen atoms in total. The molecule has 0 amide bonds. The normalized spacial score (nSPS) is 10.6. The zero-order valence-corrected chi connectivity index (χ0v) is 6.07. The maximum Gasteiger partial charge on any atom is 0.136 e. The van der Waals surface area contributed by atoms with Crippen LogP contribution in [0.5, 0.6) is 0 Å². The number of aromatic nitrogens is 2. The van der Waals surface area contributed by atoms with Gasteiger partial charge in [-0.3, -0.25) is 0 Å². The van der Waals surface area contributed by atoms with Crippen LogP contribution < -0.4 is 5.73 Å². The standard InChI is InChI=1S/C8H9N3/c9-5-7-6-10-8-3-1-2-4-11(7)8/h1-4,6H,5,9H2. The Bertz CT molecular complexity index is 364. The van der Waals surface area contributed by atoms with Crippen LogP contribution in [-0.2, 0) is 6.54 Å². The van der Waals surface area contributed by atoms with Gasteiger partial charge in [0.1, 0.15) is 5.65 Å². The maximum absolute atomic E-state index is 5.50. The topological polar surface area (TPSA) is 43.3 Å². The molecular formula is C8H9N3. The highest BCUT2D eigenvalue weighted by atomic mass is 15.0. The van der Waals surface area contributed by atoms with E-state index in [1.807, 2.05) is 28.8 Å². The highest BCUT2D eigenvalue weighted by molar-refractivity contribution is 5.39. The first-order chi connectivity index (χ1) is 5.42. The minimum absolute atomic E-state index is 0.533. The van der Waals surface area contributed by atoms with Crippen molar-refractivity contribution < 1.29 is 0 Å². The van der Waals surface area contributed by atoms with Crippen molar-refractivity contribution in [3.63, 3.8) is 0 Å². The molecule has 2 rings (SSSR count). The average Bonchev–Trinajstić information content (AvgIpc) is 2.47. The van der Waals surface area contributed by atoms with Crippen molar-refractivity contribution in [2.24, 2.45) is 5.73 Å². The van der Waals surface area contributed by atoms with Crippen LogP contribution in [0.3, 0.4) is 0 Å². The van der Waals surface area contributed by atoms with E-state index in [0.29, 0.717) is 6.54 Å². The van der Waals surface area contributed by atoms with E-state index in [1.165, 1.54) is 0 Å². The molecule has 0 radical (unpaired) electrons. The average molecular weight is 147 g/mol. The van der Waals surface area contributed by atoms with Crippen LogP contribution in [-0.4, -0.2) is 9.38 Å². The van der Waals surface area contributed by atoms with Crippen molar-refractivity contribution in [2.75, 3.05) is 0 Å². The molecule has 2 aromatic rings. The molecule has 0 unspecified atom stereocenters. The Morgan fingerprint density at radius 2 is 2.36 bits per heavy atom. The SMILES string of the molecule is NCc1cnc2ccccn12. The summed E-state index contributed by atoms with van der Waals surface area (Å²) in [6.07, 6.45) is 3.76. The molecule has 0 aliphatic rings. The Morgan fingerprint density at radius 3 is 3.18 bits per heavy atom. The fraction of sp³-hybridized carbons (Fsp3) is 0.125. The second-order valence-corrected chi connectivity index (χ2v) is 2.38. The van der Waals surface area contributed by atoms with Crippen LogP contribution in [0.15, 0.2) is 30.6 Å². The third-order valence-corrected chi connectivity index (χ3v) is 1.70. The molecule has 56 valence electrons. The van der Waals surface area contributed by atoms with Crippen LogP contribution in [0.25, 0.3) is 5.65 Å². The molecule has 0 aromatic carbocycles. The molecule has 0 atom stereocenters. The summed E-state index contributed by atoms with van der Waals surface area (Å²) in [6, 6.07) is 5.88. The molecule has 2 N–H and O–H groups in total. The summed E-state index contributed by atoms with van der Waals surface area (Å²) in [4.78, 5) is 4.17. The third-order valence-electron chi connectivity index (χ3n) is 1.70. The number of hydrogen-bond acceptors (Lipinski definition) is 2. The number of imidazole rings is 1. The van der Waals surface area contributed by atoms with E-state index < -0.39 is 0 Å². The number of nitrogens with two attached hydrogens (primary N) is 1. The Labute approximate surface area is 64.5 Å². The predicted molar refractivity (Wildman–Crippen MR) is 43.1 cm³/mol. The van der Waals surface area contributed by atoms with Gasteiger partial charge in [-0.05, 0) is 12.1 Å². The number of nitrogens with zero attached hydrogens (tertiary/aromatic N) is 2. The van der Waals surface area contributed by atoms with E-state index in [4.69, 9.17) is 5.73 Å². The fourth-order valence-corrected chi connectivity index (χ4v) is 1.14. The number of rotatable bonds is 1. The van der Waals surface area contributed by atoms with Gasteiger partial charge >= 0.3 is 0 Å². The van der Waals surface area contributed by atoms with Gasteiger partial charge in [0.25, 0.3) is 0 Å². The zero-order valence-electron chi connectivity index (χ0n) is 6.07. The lowest BCUT2D eigenvalue weighted by atomic mass is 10.4. The first-order valence-electron chi connectivity index (χ1n) is 3.53. The lowest BCUT2D eigenvalue weighted by Crippen LogP contribution is -1.99. The molecular weight excluding hydrogens is 138 g/mol. The Hall–Kier alpha value is -1.35. The van der Waals surface area contributed by atoms with Gasteiger partial charge in [0, 0.05) is 12.7 Å². The van der Waals surface area contributed by atoms with Crippen LogP contribution in [0.2, 0.25) is 0 Å². The lowest BCUT2D eigenvalue weighted by Gasteiger charge is -1.95. The smallest absolute Gasteiger partial charge is 0.136 e. The van der Waals surface area contributed by atoms with Crippen molar-refractivity contribution in [3.8, 4) is 0 Å². The zero-order chi connectivity index (χ0) is 7.68. The van der Waals surface area contributed by atoms with Crippen molar-refractivity contribution in [2.45, 2.75) is 6.54 Å². The largest absolute Gasteiger partial charge is 0.325 e. The molecule has 0 saturated carbocycles. The van der Waals surface area contributed by atoms with E-state index >= 15 is 0 Å². The monoisotopic (exact) mass is 147 g/mol. The molecule has 3 heteroatoms. The van der Waals surface area contributed by atoms with Crippen molar-refractivity contribution in [1.29, 1.82) is 0 Å². The van der Waals surface area contributed by atoms with Gasteiger partial charge in [0.15, 0.2) is 0 Å². The minimum Gasteiger partial charge on any atom is -0.325 e. The van der Waals surface area contributed by atoms with Crippen LogP contribution in [0.1, 0.15) is 5.69 Å². The molecule has 0 fully saturated rings. The summed E-state index contributed by atoms with van der Waals surface area (Å²) in [5, 5.41) is 0. The van der Waals surface area contributed by atoms with Gasteiger partial charge < -0.3 is 10.1 Å². The summed E-state index contributed by atoms with van der Waals surface area (Å²) in [5.41, 5.74) is 7.49. The van der Waals surface area contributed by atoms with Crippen molar-refractivity contribution in [1.82, 2.24) is 9.38 Å². The van der Waals surface area contributed by atoms with Gasteiger partial charge in [-0.2, -0.15) is 0 Å². The van der Waals surface area contributed by atoms with Crippen molar-refractivity contribution in [3.05, 3.63) is 36.3 Å². The van der Waals surface area contributed by atoms with E-state index in [0.717, 1.165) is 11.3 Å². The molecule has 0 saturated heterocycles. The maximum atomic E-state index is 5.50. The van der Waals surface area contributed by atoms with E-state index in [-0.39, 0.29) is 0 Å². The third kappa shape index (κ3) is 0.897. The highest BCUT2D eigenvalue weighted by Crippen LogP contribution is 2.03. The van der Waals surface area contributed by atoms with Gasteiger partial charge in [-0.25, -0.2) is 4.98 Å². The van der Waals surface area contributed by atoms with Crippen LogP contribution >= 0.6 is 0 Å². The predicted octanol–water partition coefficient (Wildman–Crippen LogP) is 0.793. The highest BCUT2D eigenvalue weighted by Gasteiger charge is 1.97. The van der Waals surface area contributed by atoms with E-state index in [9.17, 15) is 0 Å². The number of fused-ring (bicyclic) bond motifs is 1. The van der Waals surface area contributed by atoms with Crippen LogP contribution in [0.4, 0.5) is 0 Å². The quantitative estimate of drug-likeness (QED) is 0.648. The van der Waals surface area contributed by atoms with E-state index in [1.54, 1.807) is 6.20 Å². The minimum atomic E-state index is 0.533. The Morgan fingerprint density at radius 1 is 1.45 bits per heavy atom. The second-order valence-electron chi connectivity index (χ2n) is 2.38. The molecule has 0 bridgehead atoms. The first-order valence-corrected chi connectivity index (χ1v) is 3.53. The Kier molecular flexibility index (Phi) is 1.36. The fourth-order valence-electron chi connectivity index (χ4n) is 1.14. The molecule has 0 spiro atoms. The van der Waals surface area contributed by atoms with Crippen LogP contribution in [0, 0.1) is 0 Å². The summed E-state index contributed by atoms with van der Waals surface area (Å²) in [6.45, 7) is 0.533. The van der Waals surface area contributed by atoms with Gasteiger partial charge in [-0.1, -0.05) is 6.07 Å². The lowest BCUT2D eigenvalue weighted by molar-refractivity contribution is 0.959. The molecule has 11 heavy (non-hydrogen) atoms. The molecule has 0 aliphatic heterocycles.